The molecule has 5 heteroatoms. The summed E-state index contributed by atoms with van der Waals surface area (Å²) in [6, 6.07) is 3.83. The van der Waals surface area contributed by atoms with E-state index in [9.17, 15) is 4.79 Å². The number of carbonyl (C=O) groups excluding carboxylic acids is 1. The van der Waals surface area contributed by atoms with Crippen LogP contribution in [0.15, 0.2) is 17.6 Å². The molecule has 3 nitrogen and oxygen atoms in total. The number of aryl methyl sites for hydroxylation is 1. The number of hydrogen-bond acceptors (Lipinski definition) is 5. The van der Waals surface area contributed by atoms with E-state index in [1.807, 2.05) is 31.6 Å². The lowest BCUT2D eigenvalue weighted by Crippen LogP contribution is -2.14. The summed E-state index contributed by atoms with van der Waals surface area (Å²) in [5, 5.41) is 1.11. The quantitative estimate of drug-likeness (QED) is 0.784. The summed E-state index contributed by atoms with van der Waals surface area (Å²) < 4.78 is 0. The number of rotatable bonds is 4. The van der Waals surface area contributed by atoms with E-state index in [-0.39, 0.29) is 0 Å². The molecule has 0 aliphatic carbocycles. The molecule has 0 amide bonds. The molecule has 2 aromatic heterocycles. The molecule has 0 aliphatic heterocycles. The Hall–Kier alpha value is -1.20. The fourth-order valence-corrected chi connectivity index (χ4v) is 2.99. The third-order valence-electron chi connectivity index (χ3n) is 2.33. The zero-order valence-electron chi connectivity index (χ0n) is 9.14. The van der Waals surface area contributed by atoms with E-state index in [0.29, 0.717) is 0 Å². The first-order valence-corrected chi connectivity index (χ1v) is 6.55. The maximum absolute atomic E-state index is 10.6. The smallest absolute Gasteiger partial charge is 0.160 e. The van der Waals surface area contributed by atoms with Gasteiger partial charge in [0.2, 0.25) is 0 Å². The Morgan fingerprint density at radius 1 is 1.50 bits per heavy atom. The predicted octanol–water partition coefficient (Wildman–Crippen LogP) is 2.96. The summed E-state index contributed by atoms with van der Waals surface area (Å²) in [7, 11) is 2.03. The topological polar surface area (TPSA) is 33.2 Å². The lowest BCUT2D eigenvalue weighted by atomic mass is 10.4. The monoisotopic (exact) mass is 252 g/mol. The molecule has 0 radical (unpaired) electrons. The third-order valence-corrected chi connectivity index (χ3v) is 4.38. The highest BCUT2D eigenvalue weighted by atomic mass is 32.1. The molecule has 0 fully saturated rings. The van der Waals surface area contributed by atoms with Crippen LogP contribution in [-0.4, -0.2) is 18.3 Å². The van der Waals surface area contributed by atoms with Crippen LogP contribution in [0, 0.1) is 6.92 Å². The van der Waals surface area contributed by atoms with Crippen LogP contribution in [0.2, 0.25) is 0 Å². The van der Waals surface area contributed by atoms with Crippen LogP contribution in [0.4, 0.5) is 5.00 Å². The molecule has 0 saturated heterocycles. The summed E-state index contributed by atoms with van der Waals surface area (Å²) >= 11 is 3.18. The average Bonchev–Trinajstić information content (AvgIpc) is 2.88. The molecule has 0 aliphatic rings. The van der Waals surface area contributed by atoms with Crippen LogP contribution in [0.5, 0.6) is 0 Å². The number of aldehydes is 1. The van der Waals surface area contributed by atoms with Crippen molar-refractivity contribution >= 4 is 34.0 Å². The van der Waals surface area contributed by atoms with Gasteiger partial charge in [-0.2, -0.15) is 0 Å². The van der Waals surface area contributed by atoms with Crippen LogP contribution in [0.3, 0.4) is 0 Å². The molecule has 0 atom stereocenters. The predicted molar refractivity (Wildman–Crippen MR) is 68.7 cm³/mol. The van der Waals surface area contributed by atoms with E-state index < -0.39 is 0 Å². The highest BCUT2D eigenvalue weighted by molar-refractivity contribution is 7.17. The minimum Gasteiger partial charge on any atom is -0.361 e. The van der Waals surface area contributed by atoms with E-state index in [2.05, 4.69) is 9.88 Å². The minimum atomic E-state index is 0.767. The Kier molecular flexibility index (Phi) is 3.36. The summed E-state index contributed by atoms with van der Waals surface area (Å²) in [6.45, 7) is 2.86. The van der Waals surface area contributed by atoms with E-state index in [4.69, 9.17) is 0 Å². The van der Waals surface area contributed by atoms with Gasteiger partial charge >= 0.3 is 0 Å². The Labute approximate surface area is 102 Å². The highest BCUT2D eigenvalue weighted by Gasteiger charge is 2.08. The van der Waals surface area contributed by atoms with Gasteiger partial charge in [0.1, 0.15) is 0 Å². The van der Waals surface area contributed by atoms with Crippen molar-refractivity contribution in [3.05, 3.63) is 33.1 Å². The van der Waals surface area contributed by atoms with Crippen LogP contribution in [0.25, 0.3) is 0 Å². The molecule has 84 valence electrons. The van der Waals surface area contributed by atoms with Gasteiger partial charge < -0.3 is 4.90 Å². The summed E-state index contributed by atoms with van der Waals surface area (Å²) in [4.78, 5) is 19.0. The van der Waals surface area contributed by atoms with E-state index in [1.54, 1.807) is 11.3 Å². The fraction of sp³-hybridized carbons (Fsp3) is 0.273. The minimum absolute atomic E-state index is 0.767. The molecule has 2 rings (SSSR count). The van der Waals surface area contributed by atoms with Gasteiger partial charge in [0.05, 0.1) is 27.6 Å². The highest BCUT2D eigenvalue weighted by Crippen LogP contribution is 2.26. The van der Waals surface area contributed by atoms with E-state index >= 15 is 0 Å². The number of hydrogen-bond donors (Lipinski definition) is 0. The van der Waals surface area contributed by atoms with Crippen molar-refractivity contribution in [2.24, 2.45) is 0 Å². The maximum Gasteiger partial charge on any atom is 0.160 e. The Morgan fingerprint density at radius 3 is 2.88 bits per heavy atom. The molecular weight excluding hydrogens is 240 g/mol. The zero-order chi connectivity index (χ0) is 11.5. The second-order valence-electron chi connectivity index (χ2n) is 3.51. The van der Waals surface area contributed by atoms with Crippen molar-refractivity contribution in [3.8, 4) is 0 Å². The molecule has 0 N–H and O–H groups in total. The van der Waals surface area contributed by atoms with Crippen molar-refractivity contribution in [3.63, 3.8) is 0 Å². The first kappa shape index (κ1) is 11.3. The van der Waals surface area contributed by atoms with Gasteiger partial charge in [0, 0.05) is 11.9 Å². The second kappa shape index (κ2) is 4.76. The Bertz CT molecular complexity index is 490. The van der Waals surface area contributed by atoms with Crippen molar-refractivity contribution in [2.45, 2.75) is 13.5 Å². The number of thiazole rings is 1. The Morgan fingerprint density at radius 2 is 2.31 bits per heavy atom. The van der Waals surface area contributed by atoms with Gasteiger partial charge in [-0.05, 0) is 19.1 Å². The summed E-state index contributed by atoms with van der Waals surface area (Å²) in [6.07, 6.45) is 0.889. The van der Waals surface area contributed by atoms with Gasteiger partial charge in [-0.15, -0.1) is 22.7 Å². The van der Waals surface area contributed by atoms with Crippen molar-refractivity contribution in [2.75, 3.05) is 11.9 Å². The van der Waals surface area contributed by atoms with Gasteiger partial charge in [0.25, 0.3) is 0 Å². The molecule has 2 heterocycles. The van der Waals surface area contributed by atoms with E-state index in [1.165, 1.54) is 16.2 Å². The molecular formula is C11H12N2OS2. The second-order valence-corrected chi connectivity index (χ2v) is 5.54. The molecule has 2 aromatic rings. The van der Waals surface area contributed by atoms with Crippen molar-refractivity contribution in [1.82, 2.24) is 4.98 Å². The number of aromatic nitrogens is 1. The fourth-order valence-electron chi connectivity index (χ4n) is 1.38. The lowest BCUT2D eigenvalue weighted by molar-refractivity contribution is 0.112. The SMILES string of the molecule is Cc1ncsc1CN(C)c1ccc(C=O)s1. The van der Waals surface area contributed by atoms with E-state index in [0.717, 1.165) is 28.4 Å². The van der Waals surface area contributed by atoms with Crippen molar-refractivity contribution < 1.29 is 4.79 Å². The first-order chi connectivity index (χ1) is 7.70. The molecule has 0 saturated carbocycles. The maximum atomic E-state index is 10.6. The molecule has 0 bridgehead atoms. The normalized spacial score (nSPS) is 10.4. The largest absolute Gasteiger partial charge is 0.361 e. The van der Waals surface area contributed by atoms with Crippen molar-refractivity contribution in [1.29, 1.82) is 0 Å². The molecule has 0 unspecified atom stereocenters. The number of anilines is 1. The zero-order valence-corrected chi connectivity index (χ0v) is 10.8. The van der Waals surface area contributed by atoms with Gasteiger partial charge in [-0.25, -0.2) is 4.98 Å². The summed E-state index contributed by atoms with van der Waals surface area (Å²) in [5.41, 5.74) is 2.95. The Balaban J connectivity index is 2.11. The first-order valence-electron chi connectivity index (χ1n) is 4.86. The molecule has 16 heavy (non-hydrogen) atoms. The van der Waals surface area contributed by atoms with Crippen LogP contribution in [0.1, 0.15) is 20.2 Å². The summed E-state index contributed by atoms with van der Waals surface area (Å²) in [5.74, 6) is 0. The lowest BCUT2D eigenvalue weighted by Gasteiger charge is -2.15. The van der Waals surface area contributed by atoms with Gasteiger partial charge in [-0.3, -0.25) is 4.79 Å². The average molecular weight is 252 g/mol. The van der Waals surface area contributed by atoms with Gasteiger partial charge in [-0.1, -0.05) is 0 Å². The molecule has 0 spiro atoms. The number of thiophene rings is 1. The standard InChI is InChI=1S/C11H12N2OS2/c1-8-10(15-7-12-8)5-13(2)11-4-3-9(6-14)16-11/h3-4,6-7H,5H2,1-2H3. The van der Waals surface area contributed by atoms with Crippen LogP contribution in [-0.2, 0) is 6.54 Å². The number of carbonyl (C=O) groups is 1. The molecule has 0 aromatic carbocycles. The van der Waals surface area contributed by atoms with Gasteiger partial charge in [0.15, 0.2) is 6.29 Å². The van der Waals surface area contributed by atoms with Crippen LogP contribution < -0.4 is 4.90 Å². The van der Waals surface area contributed by atoms with Crippen LogP contribution >= 0.6 is 22.7 Å². The third kappa shape index (κ3) is 2.31. The number of nitrogens with zero attached hydrogens (tertiary/aromatic N) is 2.